The first-order valence-electron chi connectivity index (χ1n) is 7.90. The van der Waals surface area contributed by atoms with Gasteiger partial charge < -0.3 is 24.7 Å². The van der Waals surface area contributed by atoms with Gasteiger partial charge in [-0.3, -0.25) is 0 Å². The number of aliphatic hydroxyl groups is 1. The molecule has 0 bridgehead atoms. The zero-order valence-corrected chi connectivity index (χ0v) is 13.8. The van der Waals surface area contributed by atoms with Gasteiger partial charge in [0.15, 0.2) is 0 Å². The molecule has 0 aliphatic heterocycles. The zero-order valence-electron chi connectivity index (χ0n) is 13.8. The van der Waals surface area contributed by atoms with Gasteiger partial charge in [0, 0.05) is 24.6 Å². The predicted molar refractivity (Wildman–Crippen MR) is 92.1 cm³/mol. The smallest absolute Gasteiger partial charge is 0.315 e. The van der Waals surface area contributed by atoms with Gasteiger partial charge in [0.25, 0.3) is 0 Å². The van der Waals surface area contributed by atoms with Crippen LogP contribution in [0.3, 0.4) is 0 Å². The molecule has 7 heteroatoms. The SMILES string of the molecule is CC(O)(CNC(=O)NCc1cccc(-n2ccnc2)c1)c1ccco1. The Balaban J connectivity index is 1.52. The zero-order chi connectivity index (χ0) is 17.7. The van der Waals surface area contributed by atoms with Crippen LogP contribution in [-0.4, -0.2) is 27.2 Å². The second-order valence-corrected chi connectivity index (χ2v) is 5.93. The van der Waals surface area contributed by atoms with E-state index >= 15 is 0 Å². The Kier molecular flexibility index (Phi) is 4.85. The number of hydrogen-bond acceptors (Lipinski definition) is 4. The summed E-state index contributed by atoms with van der Waals surface area (Å²) in [7, 11) is 0. The van der Waals surface area contributed by atoms with E-state index in [-0.39, 0.29) is 12.6 Å². The second-order valence-electron chi connectivity index (χ2n) is 5.93. The highest BCUT2D eigenvalue weighted by molar-refractivity contribution is 5.73. The summed E-state index contributed by atoms with van der Waals surface area (Å²) in [5.74, 6) is 0.404. The Hall–Kier alpha value is -3.06. The summed E-state index contributed by atoms with van der Waals surface area (Å²) in [5, 5.41) is 15.7. The molecule has 7 nitrogen and oxygen atoms in total. The highest BCUT2D eigenvalue weighted by atomic mass is 16.4. The van der Waals surface area contributed by atoms with Crippen LogP contribution in [0, 0.1) is 0 Å². The molecule has 0 spiro atoms. The molecule has 0 radical (unpaired) electrons. The molecule has 1 aromatic carbocycles. The van der Waals surface area contributed by atoms with Gasteiger partial charge in [0.2, 0.25) is 0 Å². The molecule has 0 fully saturated rings. The molecule has 3 rings (SSSR count). The van der Waals surface area contributed by atoms with Gasteiger partial charge in [-0.05, 0) is 36.8 Å². The minimum absolute atomic E-state index is 0.0431. The van der Waals surface area contributed by atoms with Crippen molar-refractivity contribution < 1.29 is 14.3 Å². The van der Waals surface area contributed by atoms with Crippen molar-refractivity contribution in [3.8, 4) is 5.69 Å². The first-order chi connectivity index (χ1) is 12.0. The largest absolute Gasteiger partial charge is 0.466 e. The van der Waals surface area contributed by atoms with E-state index in [0.29, 0.717) is 12.3 Å². The van der Waals surface area contributed by atoms with Crippen molar-refractivity contribution in [2.24, 2.45) is 0 Å². The molecule has 0 saturated heterocycles. The van der Waals surface area contributed by atoms with E-state index in [1.54, 1.807) is 31.6 Å². The minimum atomic E-state index is -1.26. The number of furan rings is 1. The fraction of sp³-hybridized carbons (Fsp3) is 0.222. The first kappa shape index (κ1) is 16.8. The molecule has 130 valence electrons. The van der Waals surface area contributed by atoms with E-state index in [9.17, 15) is 9.90 Å². The molecule has 3 N–H and O–H groups in total. The van der Waals surface area contributed by atoms with Gasteiger partial charge in [-0.1, -0.05) is 12.1 Å². The molecule has 2 heterocycles. The number of aromatic nitrogens is 2. The second kappa shape index (κ2) is 7.23. The van der Waals surface area contributed by atoms with Crippen molar-refractivity contribution in [2.75, 3.05) is 6.54 Å². The third-order valence-corrected chi connectivity index (χ3v) is 3.81. The molecule has 1 unspecified atom stereocenters. The van der Waals surface area contributed by atoms with Gasteiger partial charge in [-0.15, -0.1) is 0 Å². The number of carbonyl (C=O) groups excluding carboxylic acids is 1. The summed E-state index contributed by atoms with van der Waals surface area (Å²) < 4.78 is 7.07. The van der Waals surface area contributed by atoms with Crippen molar-refractivity contribution in [3.63, 3.8) is 0 Å². The monoisotopic (exact) mass is 340 g/mol. The van der Waals surface area contributed by atoms with E-state index in [4.69, 9.17) is 4.42 Å². The van der Waals surface area contributed by atoms with Gasteiger partial charge in [0.05, 0.1) is 19.1 Å². The molecular formula is C18H20N4O3. The molecule has 1 atom stereocenters. The fourth-order valence-electron chi connectivity index (χ4n) is 2.41. The lowest BCUT2D eigenvalue weighted by atomic mass is 10.0. The van der Waals surface area contributed by atoms with Crippen LogP contribution in [0.5, 0.6) is 0 Å². The summed E-state index contributed by atoms with van der Waals surface area (Å²) >= 11 is 0. The number of rotatable bonds is 6. The number of nitrogens with zero attached hydrogens (tertiary/aromatic N) is 2. The Morgan fingerprint density at radius 3 is 2.92 bits per heavy atom. The fourth-order valence-corrected chi connectivity index (χ4v) is 2.41. The quantitative estimate of drug-likeness (QED) is 0.641. The molecule has 0 aliphatic carbocycles. The summed E-state index contributed by atoms with van der Waals surface area (Å²) in [6, 6.07) is 10.8. The maximum atomic E-state index is 12.0. The lowest BCUT2D eigenvalue weighted by Crippen LogP contribution is -2.43. The number of benzene rings is 1. The van der Waals surface area contributed by atoms with Crippen LogP contribution >= 0.6 is 0 Å². The molecule has 3 aromatic rings. The summed E-state index contributed by atoms with van der Waals surface area (Å²) in [6.45, 7) is 2.00. The maximum Gasteiger partial charge on any atom is 0.315 e. The van der Waals surface area contributed by atoms with Gasteiger partial charge in [-0.25, -0.2) is 9.78 Å². The normalized spacial score (nSPS) is 13.2. The van der Waals surface area contributed by atoms with Crippen LogP contribution in [-0.2, 0) is 12.1 Å². The van der Waals surface area contributed by atoms with Gasteiger partial charge in [-0.2, -0.15) is 0 Å². The van der Waals surface area contributed by atoms with Crippen molar-refractivity contribution in [1.29, 1.82) is 0 Å². The third kappa shape index (κ3) is 4.27. The molecule has 25 heavy (non-hydrogen) atoms. The summed E-state index contributed by atoms with van der Waals surface area (Å²) in [4.78, 5) is 16.0. The lowest BCUT2D eigenvalue weighted by Gasteiger charge is -2.21. The van der Waals surface area contributed by atoms with Gasteiger partial charge in [0.1, 0.15) is 11.4 Å². The van der Waals surface area contributed by atoms with Crippen molar-refractivity contribution in [3.05, 3.63) is 72.7 Å². The molecule has 0 aliphatic rings. The van der Waals surface area contributed by atoms with Crippen LogP contribution in [0.2, 0.25) is 0 Å². The Morgan fingerprint density at radius 2 is 2.20 bits per heavy atom. The van der Waals surface area contributed by atoms with Crippen LogP contribution in [0.1, 0.15) is 18.2 Å². The van der Waals surface area contributed by atoms with Crippen molar-refractivity contribution in [2.45, 2.75) is 19.1 Å². The first-order valence-corrected chi connectivity index (χ1v) is 7.90. The van der Waals surface area contributed by atoms with Crippen LogP contribution < -0.4 is 10.6 Å². The van der Waals surface area contributed by atoms with E-state index in [1.165, 1.54) is 6.26 Å². The van der Waals surface area contributed by atoms with E-state index in [1.807, 2.05) is 35.0 Å². The Bertz CT molecular complexity index is 811. The third-order valence-electron chi connectivity index (χ3n) is 3.81. The minimum Gasteiger partial charge on any atom is -0.466 e. The molecule has 2 aromatic heterocycles. The predicted octanol–water partition coefficient (Wildman–Crippen LogP) is 2.17. The maximum absolute atomic E-state index is 12.0. The number of hydrogen-bond donors (Lipinski definition) is 3. The van der Waals surface area contributed by atoms with Crippen molar-refractivity contribution >= 4 is 6.03 Å². The van der Waals surface area contributed by atoms with E-state index < -0.39 is 5.60 Å². The van der Waals surface area contributed by atoms with Crippen LogP contribution in [0.25, 0.3) is 5.69 Å². The number of imidazole rings is 1. The number of amides is 2. The average molecular weight is 340 g/mol. The molecule has 2 amide bonds. The standard InChI is InChI=1S/C18H20N4O3/c1-18(24,16-6-3-9-25-16)12-21-17(23)20-11-14-4-2-5-15(10-14)22-8-7-19-13-22/h2-10,13,24H,11-12H2,1H3,(H2,20,21,23). The highest BCUT2D eigenvalue weighted by Gasteiger charge is 2.26. The summed E-state index contributed by atoms with van der Waals surface area (Å²) in [6.07, 6.45) is 6.77. The molecule has 0 saturated carbocycles. The lowest BCUT2D eigenvalue weighted by molar-refractivity contribution is 0.0367. The van der Waals surface area contributed by atoms with Crippen LogP contribution in [0.15, 0.2) is 65.8 Å². The number of carbonyl (C=O) groups is 1. The van der Waals surface area contributed by atoms with E-state index in [0.717, 1.165) is 11.3 Å². The summed E-state index contributed by atoms with van der Waals surface area (Å²) in [5.41, 5.74) is 0.666. The van der Waals surface area contributed by atoms with Crippen LogP contribution in [0.4, 0.5) is 4.79 Å². The average Bonchev–Trinajstić information content (AvgIpc) is 3.32. The van der Waals surface area contributed by atoms with Crippen molar-refractivity contribution in [1.82, 2.24) is 20.2 Å². The highest BCUT2D eigenvalue weighted by Crippen LogP contribution is 2.19. The van der Waals surface area contributed by atoms with E-state index in [2.05, 4.69) is 15.6 Å². The Labute approximate surface area is 145 Å². The molecular weight excluding hydrogens is 320 g/mol. The van der Waals surface area contributed by atoms with Gasteiger partial charge >= 0.3 is 6.03 Å². The number of nitrogens with one attached hydrogen (secondary N) is 2. The Morgan fingerprint density at radius 1 is 1.32 bits per heavy atom. The topological polar surface area (TPSA) is 92.3 Å². The number of urea groups is 1.